The zero-order valence-electron chi connectivity index (χ0n) is 16.7. The number of piperidine rings is 1. The van der Waals surface area contributed by atoms with E-state index in [1.807, 2.05) is 43.0 Å². The molecular formula is C21H26N2O4S. The summed E-state index contributed by atoms with van der Waals surface area (Å²) in [6, 6.07) is 7.86. The van der Waals surface area contributed by atoms with Crippen molar-refractivity contribution < 1.29 is 19.1 Å². The van der Waals surface area contributed by atoms with E-state index in [9.17, 15) is 9.59 Å². The number of nitrogens with zero attached hydrogens (tertiary/aromatic N) is 2. The van der Waals surface area contributed by atoms with Gasteiger partial charge in [0.1, 0.15) is 15.6 Å². The number of hydrogen-bond acceptors (Lipinski definition) is 6. The van der Waals surface area contributed by atoms with Crippen LogP contribution in [-0.4, -0.2) is 47.6 Å². The molecule has 1 aliphatic heterocycles. The normalized spacial score (nSPS) is 19.4. The summed E-state index contributed by atoms with van der Waals surface area (Å²) in [6.45, 7) is 5.63. The molecule has 3 rings (SSSR count). The lowest BCUT2D eigenvalue weighted by atomic mass is 9.97. The fraction of sp³-hybridized carbons (Fsp3) is 0.476. The van der Waals surface area contributed by atoms with Crippen molar-refractivity contribution in [1.82, 2.24) is 9.88 Å². The lowest BCUT2D eigenvalue weighted by molar-refractivity contribution is -0.140. The summed E-state index contributed by atoms with van der Waals surface area (Å²) >= 11 is 1.27. The van der Waals surface area contributed by atoms with Gasteiger partial charge < -0.3 is 14.4 Å². The zero-order valence-corrected chi connectivity index (χ0v) is 17.5. The Labute approximate surface area is 169 Å². The molecule has 0 aliphatic carbocycles. The molecule has 1 saturated heterocycles. The molecule has 2 aromatic rings. The van der Waals surface area contributed by atoms with Crippen molar-refractivity contribution in [3.63, 3.8) is 0 Å². The lowest BCUT2D eigenvalue weighted by Gasteiger charge is -2.38. The van der Waals surface area contributed by atoms with Gasteiger partial charge in [0.05, 0.1) is 12.8 Å². The fourth-order valence-electron chi connectivity index (χ4n) is 3.62. The van der Waals surface area contributed by atoms with E-state index >= 15 is 0 Å². The van der Waals surface area contributed by atoms with E-state index in [4.69, 9.17) is 9.47 Å². The summed E-state index contributed by atoms with van der Waals surface area (Å²) in [4.78, 5) is 31.8. The molecule has 6 nitrogen and oxygen atoms in total. The monoisotopic (exact) mass is 402 g/mol. The van der Waals surface area contributed by atoms with Crippen LogP contribution >= 0.6 is 11.3 Å². The van der Waals surface area contributed by atoms with Crippen molar-refractivity contribution >= 4 is 23.2 Å². The van der Waals surface area contributed by atoms with Crippen LogP contribution in [0.15, 0.2) is 24.3 Å². The molecule has 0 unspecified atom stereocenters. The highest BCUT2D eigenvalue weighted by atomic mass is 32.1. The Balaban J connectivity index is 1.66. The molecule has 1 aromatic carbocycles. The van der Waals surface area contributed by atoms with Gasteiger partial charge in [0.25, 0.3) is 5.91 Å². The number of aryl methyl sites for hydroxylation is 1. The van der Waals surface area contributed by atoms with Crippen molar-refractivity contribution in [2.24, 2.45) is 0 Å². The van der Waals surface area contributed by atoms with E-state index in [0.29, 0.717) is 10.6 Å². The second kappa shape index (κ2) is 8.73. The minimum atomic E-state index is -0.500. The van der Waals surface area contributed by atoms with Crippen molar-refractivity contribution in [3.05, 3.63) is 34.8 Å². The van der Waals surface area contributed by atoms with Crippen LogP contribution in [0.4, 0.5) is 0 Å². The first-order valence-electron chi connectivity index (χ1n) is 9.51. The number of carbonyl (C=O) groups is 2. The number of carbonyl (C=O) groups excluding carboxylic acids is 2. The van der Waals surface area contributed by atoms with Crippen molar-refractivity contribution in [1.29, 1.82) is 0 Å². The number of methoxy groups -OCH3 is 1. The van der Waals surface area contributed by atoms with Crippen LogP contribution in [0.5, 0.6) is 5.75 Å². The zero-order chi connectivity index (χ0) is 20.3. The molecule has 1 aromatic heterocycles. The van der Waals surface area contributed by atoms with E-state index in [2.05, 4.69) is 4.98 Å². The van der Waals surface area contributed by atoms with Gasteiger partial charge in [-0.1, -0.05) is 0 Å². The Hall–Kier alpha value is -2.41. The molecule has 1 fully saturated rings. The van der Waals surface area contributed by atoms with E-state index in [1.54, 1.807) is 14.0 Å². The second-order valence-corrected chi connectivity index (χ2v) is 8.17. The Kier molecular flexibility index (Phi) is 6.34. The van der Waals surface area contributed by atoms with Crippen molar-refractivity contribution in [3.8, 4) is 16.3 Å². The second-order valence-electron chi connectivity index (χ2n) is 7.17. The molecule has 1 amide bonds. The van der Waals surface area contributed by atoms with E-state index in [1.165, 1.54) is 11.3 Å². The fourth-order valence-corrected chi connectivity index (χ4v) is 4.59. The van der Waals surface area contributed by atoms with Gasteiger partial charge in [-0.05, 0) is 64.3 Å². The minimum absolute atomic E-state index is 0.134. The van der Waals surface area contributed by atoms with Crippen molar-refractivity contribution in [2.45, 2.75) is 52.1 Å². The highest BCUT2D eigenvalue weighted by molar-refractivity contribution is 7.17. The first-order chi connectivity index (χ1) is 13.4. The number of aromatic nitrogens is 1. The maximum absolute atomic E-state index is 12.6. The standard InChI is InChI=1S/C21H26N2O4S/c1-13-6-5-7-14(2)23(13)18(24)12-27-21(25)19-15(3)22-20(28-19)16-8-10-17(26-4)11-9-16/h8-11,13-14H,5-7,12H2,1-4H3/t13-,14-/m0/s1. The SMILES string of the molecule is COc1ccc(-c2nc(C)c(C(=O)OCC(=O)N3[C@@H](C)CCC[C@@H]3C)s2)cc1. The van der Waals surface area contributed by atoms with Crippen LogP contribution in [0.2, 0.25) is 0 Å². The molecule has 0 N–H and O–H groups in total. The van der Waals surface area contributed by atoms with Crippen molar-refractivity contribution in [2.75, 3.05) is 13.7 Å². The third kappa shape index (κ3) is 4.35. The number of hydrogen-bond donors (Lipinski definition) is 0. The minimum Gasteiger partial charge on any atom is -0.497 e. The Morgan fingerprint density at radius 3 is 2.43 bits per heavy atom. The third-order valence-electron chi connectivity index (χ3n) is 5.13. The molecule has 0 bridgehead atoms. The molecule has 0 spiro atoms. The predicted molar refractivity (Wildman–Crippen MR) is 109 cm³/mol. The molecule has 0 radical (unpaired) electrons. The number of ether oxygens (including phenoxy) is 2. The van der Waals surface area contributed by atoms with Gasteiger partial charge in [-0.15, -0.1) is 11.3 Å². The summed E-state index contributed by atoms with van der Waals surface area (Å²) in [6.07, 6.45) is 3.10. The molecule has 150 valence electrons. The van der Waals surface area contributed by atoms with Crippen LogP contribution in [0.25, 0.3) is 10.6 Å². The molecular weight excluding hydrogens is 376 g/mol. The number of esters is 1. The van der Waals surface area contributed by atoms with Gasteiger partial charge in [0.2, 0.25) is 0 Å². The molecule has 7 heteroatoms. The summed E-state index contributed by atoms with van der Waals surface area (Å²) in [5.41, 5.74) is 1.51. The summed E-state index contributed by atoms with van der Waals surface area (Å²) in [5, 5.41) is 0.733. The highest BCUT2D eigenvalue weighted by Gasteiger charge is 2.29. The number of benzene rings is 1. The van der Waals surface area contributed by atoms with E-state index in [0.717, 1.165) is 35.6 Å². The van der Waals surface area contributed by atoms with E-state index < -0.39 is 5.97 Å². The first kappa shape index (κ1) is 20.3. The average molecular weight is 403 g/mol. The van der Waals surface area contributed by atoms with Gasteiger partial charge in [-0.2, -0.15) is 0 Å². The number of rotatable bonds is 5. The maximum atomic E-state index is 12.6. The topological polar surface area (TPSA) is 68.7 Å². The first-order valence-corrected chi connectivity index (χ1v) is 10.3. The molecule has 2 atom stereocenters. The predicted octanol–water partition coefficient (Wildman–Crippen LogP) is 4.07. The summed E-state index contributed by atoms with van der Waals surface area (Å²) in [5.74, 6) is 0.127. The van der Waals surface area contributed by atoms with Crippen LogP contribution in [0.3, 0.4) is 0 Å². The molecule has 1 aliphatic rings. The smallest absolute Gasteiger partial charge is 0.350 e. The quantitative estimate of drug-likeness (QED) is 0.705. The molecule has 28 heavy (non-hydrogen) atoms. The van der Waals surface area contributed by atoms with Gasteiger partial charge >= 0.3 is 5.97 Å². The van der Waals surface area contributed by atoms with Gasteiger partial charge in [-0.3, -0.25) is 4.79 Å². The Bertz CT molecular complexity index is 837. The molecule has 0 saturated carbocycles. The maximum Gasteiger partial charge on any atom is 0.350 e. The van der Waals surface area contributed by atoms with E-state index in [-0.39, 0.29) is 24.6 Å². The molecule has 2 heterocycles. The average Bonchev–Trinajstić information content (AvgIpc) is 3.08. The Morgan fingerprint density at radius 1 is 1.18 bits per heavy atom. The van der Waals surface area contributed by atoms with Crippen LogP contribution in [0.1, 0.15) is 48.5 Å². The highest BCUT2D eigenvalue weighted by Crippen LogP contribution is 2.30. The van der Waals surface area contributed by atoms with Gasteiger partial charge in [0, 0.05) is 17.6 Å². The summed E-state index contributed by atoms with van der Waals surface area (Å²) < 4.78 is 10.5. The number of likely N-dealkylation sites (tertiary alicyclic amines) is 1. The van der Waals surface area contributed by atoms with Crippen LogP contribution in [0, 0.1) is 6.92 Å². The third-order valence-corrected chi connectivity index (χ3v) is 6.31. The van der Waals surface area contributed by atoms with Gasteiger partial charge in [-0.25, -0.2) is 9.78 Å². The van der Waals surface area contributed by atoms with Crippen LogP contribution < -0.4 is 4.74 Å². The van der Waals surface area contributed by atoms with Crippen LogP contribution in [-0.2, 0) is 9.53 Å². The largest absolute Gasteiger partial charge is 0.497 e. The lowest BCUT2D eigenvalue weighted by Crippen LogP contribution is -2.49. The Morgan fingerprint density at radius 2 is 1.82 bits per heavy atom. The number of thiazole rings is 1. The summed E-state index contributed by atoms with van der Waals surface area (Å²) in [7, 11) is 1.61. The number of amides is 1. The van der Waals surface area contributed by atoms with Gasteiger partial charge in [0.15, 0.2) is 6.61 Å².